The van der Waals surface area contributed by atoms with Crippen molar-refractivity contribution in [2.45, 2.75) is 0 Å². The maximum absolute atomic E-state index is 12.5. The lowest BCUT2D eigenvalue weighted by Crippen LogP contribution is -2.06. The van der Waals surface area contributed by atoms with Gasteiger partial charge < -0.3 is 10.8 Å². The number of aromatic carboxylic acids is 1. The van der Waals surface area contributed by atoms with Gasteiger partial charge in [-0.25, -0.2) is 14.2 Å². The Balaban J connectivity index is 3.27. The molecule has 0 amide bonds. The summed E-state index contributed by atoms with van der Waals surface area (Å²) < 4.78 is 12.5. The molecule has 0 fully saturated rings. The van der Waals surface area contributed by atoms with Gasteiger partial charge in [-0.1, -0.05) is 0 Å². The van der Waals surface area contributed by atoms with E-state index in [1.165, 1.54) is 0 Å². The Bertz CT molecular complexity index is 301. The summed E-state index contributed by atoms with van der Waals surface area (Å²) in [6.07, 6.45) is 1.05. The van der Waals surface area contributed by atoms with Crippen LogP contribution in [0.25, 0.3) is 0 Å². The predicted octanol–water partition coefficient (Wildman–Crippen LogP) is 0.501. The molecule has 5 heteroatoms. The van der Waals surface area contributed by atoms with Gasteiger partial charge in [0.05, 0.1) is 0 Å². The van der Waals surface area contributed by atoms with Gasteiger partial charge in [0.2, 0.25) is 0 Å². The summed E-state index contributed by atoms with van der Waals surface area (Å²) in [4.78, 5) is 13.6. The highest BCUT2D eigenvalue weighted by molar-refractivity contribution is 5.91. The molecular formula is C6H5FN2O2. The third-order valence-electron chi connectivity index (χ3n) is 1.14. The van der Waals surface area contributed by atoms with E-state index in [0.29, 0.717) is 0 Å². The maximum atomic E-state index is 12.5. The predicted molar refractivity (Wildman–Crippen MR) is 35.6 cm³/mol. The molecule has 0 spiro atoms. The zero-order chi connectivity index (χ0) is 8.43. The van der Waals surface area contributed by atoms with Crippen LogP contribution in [0.2, 0.25) is 0 Å². The second-order valence-electron chi connectivity index (χ2n) is 1.86. The Morgan fingerprint density at radius 3 is 2.82 bits per heavy atom. The molecule has 0 aliphatic rings. The van der Waals surface area contributed by atoms with Gasteiger partial charge in [-0.3, -0.25) is 0 Å². The second kappa shape index (κ2) is 2.53. The van der Waals surface area contributed by atoms with Crippen LogP contribution in [-0.4, -0.2) is 16.1 Å². The van der Waals surface area contributed by atoms with Crippen molar-refractivity contribution in [2.24, 2.45) is 0 Å². The summed E-state index contributed by atoms with van der Waals surface area (Å²) in [6.45, 7) is 0. The first-order valence-corrected chi connectivity index (χ1v) is 2.76. The molecule has 0 bridgehead atoms. The minimum Gasteiger partial charge on any atom is -0.476 e. The van der Waals surface area contributed by atoms with Crippen molar-refractivity contribution in [2.75, 3.05) is 5.73 Å². The highest BCUT2D eigenvalue weighted by Crippen LogP contribution is 2.11. The molecule has 0 saturated carbocycles. The van der Waals surface area contributed by atoms with Crippen LogP contribution in [0.15, 0.2) is 12.3 Å². The third-order valence-corrected chi connectivity index (χ3v) is 1.14. The lowest BCUT2D eigenvalue weighted by Gasteiger charge is -1.98. The lowest BCUT2D eigenvalue weighted by atomic mass is 10.3. The zero-order valence-electron chi connectivity index (χ0n) is 5.41. The molecule has 4 nitrogen and oxygen atoms in total. The van der Waals surface area contributed by atoms with Crippen molar-refractivity contribution < 1.29 is 14.3 Å². The van der Waals surface area contributed by atoms with Gasteiger partial charge in [-0.05, 0) is 6.07 Å². The average molecular weight is 156 g/mol. The second-order valence-corrected chi connectivity index (χ2v) is 1.86. The summed E-state index contributed by atoms with van der Waals surface area (Å²) in [5.41, 5.74) is 4.18. The molecule has 1 rings (SSSR count). The van der Waals surface area contributed by atoms with Gasteiger partial charge in [0.15, 0.2) is 5.69 Å². The van der Waals surface area contributed by atoms with Crippen LogP contribution < -0.4 is 5.73 Å². The quantitative estimate of drug-likeness (QED) is 0.620. The first-order valence-electron chi connectivity index (χ1n) is 2.76. The summed E-state index contributed by atoms with van der Waals surface area (Å²) in [7, 11) is 0. The SMILES string of the molecule is Nc1c(F)ccnc1C(=O)O. The summed E-state index contributed by atoms with van der Waals surface area (Å²) >= 11 is 0. The topological polar surface area (TPSA) is 76.2 Å². The fraction of sp³-hybridized carbons (Fsp3) is 0. The number of halogens is 1. The number of aromatic nitrogens is 1. The van der Waals surface area contributed by atoms with Crippen molar-refractivity contribution in [3.05, 3.63) is 23.8 Å². The van der Waals surface area contributed by atoms with Crippen LogP contribution >= 0.6 is 0 Å². The minimum absolute atomic E-state index is 0.431. The number of carboxylic acid groups (broad SMARTS) is 1. The number of pyridine rings is 1. The van der Waals surface area contributed by atoms with Crippen molar-refractivity contribution in [3.63, 3.8) is 0 Å². The average Bonchev–Trinajstić information content (AvgIpc) is 1.94. The van der Waals surface area contributed by atoms with Gasteiger partial charge in [0.1, 0.15) is 11.5 Å². The van der Waals surface area contributed by atoms with Crippen molar-refractivity contribution in [1.82, 2.24) is 4.98 Å². The van der Waals surface area contributed by atoms with Crippen LogP contribution in [-0.2, 0) is 0 Å². The first kappa shape index (κ1) is 7.46. The number of hydrogen-bond donors (Lipinski definition) is 2. The molecule has 0 aliphatic heterocycles. The van der Waals surface area contributed by atoms with Crippen LogP contribution in [0.3, 0.4) is 0 Å². The summed E-state index contributed by atoms with van der Waals surface area (Å²) in [5.74, 6) is -2.10. The van der Waals surface area contributed by atoms with E-state index in [1.54, 1.807) is 0 Å². The zero-order valence-corrected chi connectivity index (χ0v) is 5.41. The monoisotopic (exact) mass is 156 g/mol. The lowest BCUT2D eigenvalue weighted by molar-refractivity contribution is 0.0691. The van der Waals surface area contributed by atoms with Gasteiger partial charge >= 0.3 is 5.97 Å². The van der Waals surface area contributed by atoms with Crippen LogP contribution in [0.5, 0.6) is 0 Å². The van der Waals surface area contributed by atoms with Gasteiger partial charge in [-0.2, -0.15) is 0 Å². The van der Waals surface area contributed by atoms with Crippen molar-refractivity contribution >= 4 is 11.7 Å². The highest BCUT2D eigenvalue weighted by atomic mass is 19.1. The Morgan fingerprint density at radius 2 is 2.36 bits per heavy atom. The number of nitrogen functional groups attached to an aromatic ring is 1. The van der Waals surface area contributed by atoms with Crippen LogP contribution in [0, 0.1) is 5.82 Å². The van der Waals surface area contributed by atoms with E-state index in [0.717, 1.165) is 12.3 Å². The van der Waals surface area contributed by atoms with Gasteiger partial charge in [-0.15, -0.1) is 0 Å². The Labute approximate surface area is 61.5 Å². The van der Waals surface area contributed by atoms with Crippen LogP contribution in [0.1, 0.15) is 10.5 Å². The Kier molecular flexibility index (Phi) is 1.72. The smallest absolute Gasteiger partial charge is 0.356 e. The van der Waals surface area contributed by atoms with E-state index >= 15 is 0 Å². The minimum atomic E-state index is -1.33. The first-order chi connectivity index (χ1) is 5.13. The molecule has 58 valence electrons. The van der Waals surface area contributed by atoms with E-state index < -0.39 is 23.2 Å². The van der Waals surface area contributed by atoms with E-state index in [2.05, 4.69) is 4.98 Å². The van der Waals surface area contributed by atoms with E-state index in [-0.39, 0.29) is 0 Å². The fourth-order valence-corrected chi connectivity index (χ4v) is 0.620. The largest absolute Gasteiger partial charge is 0.476 e. The van der Waals surface area contributed by atoms with Crippen molar-refractivity contribution in [1.29, 1.82) is 0 Å². The number of carbonyl (C=O) groups is 1. The number of anilines is 1. The molecule has 11 heavy (non-hydrogen) atoms. The number of rotatable bonds is 1. The summed E-state index contributed by atoms with van der Waals surface area (Å²) in [5, 5.41) is 8.38. The molecule has 0 aromatic carbocycles. The fourth-order valence-electron chi connectivity index (χ4n) is 0.620. The molecule has 0 aliphatic carbocycles. The standard InChI is InChI=1S/C6H5FN2O2/c7-3-1-2-9-5(4(3)8)6(10)11/h1-2H,8H2,(H,10,11). The molecule has 0 radical (unpaired) electrons. The number of hydrogen-bond acceptors (Lipinski definition) is 3. The third kappa shape index (κ3) is 1.26. The number of nitrogens with two attached hydrogens (primary N) is 1. The number of nitrogens with zero attached hydrogens (tertiary/aromatic N) is 1. The summed E-state index contributed by atoms with van der Waals surface area (Å²) in [6, 6.07) is 1.00. The van der Waals surface area contributed by atoms with Gasteiger partial charge in [0, 0.05) is 6.20 Å². The van der Waals surface area contributed by atoms with E-state index in [4.69, 9.17) is 10.8 Å². The molecular weight excluding hydrogens is 151 g/mol. The van der Waals surface area contributed by atoms with Gasteiger partial charge in [0.25, 0.3) is 0 Å². The van der Waals surface area contributed by atoms with E-state index in [1.807, 2.05) is 0 Å². The normalized spacial score (nSPS) is 9.55. The van der Waals surface area contributed by atoms with Crippen molar-refractivity contribution in [3.8, 4) is 0 Å². The Hall–Kier alpha value is -1.65. The molecule has 1 aromatic heterocycles. The molecule has 1 heterocycles. The molecule has 0 saturated heterocycles. The van der Waals surface area contributed by atoms with E-state index in [9.17, 15) is 9.18 Å². The highest BCUT2D eigenvalue weighted by Gasteiger charge is 2.11. The molecule has 0 unspecified atom stereocenters. The number of carboxylic acids is 1. The Morgan fingerprint density at radius 1 is 1.73 bits per heavy atom. The van der Waals surface area contributed by atoms with Crippen LogP contribution in [0.4, 0.5) is 10.1 Å². The maximum Gasteiger partial charge on any atom is 0.356 e. The molecule has 1 aromatic rings. The molecule has 0 atom stereocenters. The molecule has 3 N–H and O–H groups in total.